The van der Waals surface area contributed by atoms with Crippen molar-refractivity contribution >= 4 is 10.8 Å². The van der Waals surface area contributed by atoms with E-state index in [0.717, 1.165) is 24.3 Å². The molecule has 94 valence electrons. The molecule has 3 atom stereocenters. The molecule has 1 aliphatic rings. The lowest BCUT2D eigenvalue weighted by Gasteiger charge is -2.18. The van der Waals surface area contributed by atoms with Gasteiger partial charge in [-0.2, -0.15) is 0 Å². The average Bonchev–Trinajstić information content (AvgIpc) is 2.52. The lowest BCUT2D eigenvalue weighted by atomic mass is 10.1. The molecule has 1 aromatic rings. The van der Waals surface area contributed by atoms with Crippen LogP contribution in [0.5, 0.6) is 5.75 Å². The van der Waals surface area contributed by atoms with Gasteiger partial charge in [0.1, 0.15) is 5.75 Å². The van der Waals surface area contributed by atoms with Gasteiger partial charge in [0.25, 0.3) is 0 Å². The fraction of sp³-hybridized carbons (Fsp3) is 0.538. The largest absolute Gasteiger partial charge is 0.496 e. The van der Waals surface area contributed by atoms with E-state index < -0.39 is 10.8 Å². The van der Waals surface area contributed by atoms with Gasteiger partial charge in [-0.3, -0.25) is 4.21 Å². The Morgan fingerprint density at radius 1 is 1.41 bits per heavy atom. The fourth-order valence-electron chi connectivity index (χ4n) is 2.13. The predicted molar refractivity (Wildman–Crippen MR) is 70.8 cm³/mol. The zero-order valence-corrected chi connectivity index (χ0v) is 11.1. The third-order valence-corrected chi connectivity index (χ3v) is 5.03. The van der Waals surface area contributed by atoms with Crippen LogP contribution in [0.25, 0.3) is 0 Å². The Labute approximate surface area is 105 Å². The predicted octanol–water partition coefficient (Wildman–Crippen LogP) is 1.87. The van der Waals surface area contributed by atoms with Crippen LogP contribution < -0.4 is 10.1 Å². The van der Waals surface area contributed by atoms with Gasteiger partial charge in [0, 0.05) is 33.4 Å². The molecule has 4 heteroatoms. The van der Waals surface area contributed by atoms with Gasteiger partial charge >= 0.3 is 0 Å². The van der Waals surface area contributed by atoms with Gasteiger partial charge in [0.15, 0.2) is 0 Å². The molecule has 2 rings (SSSR count). The zero-order valence-electron chi connectivity index (χ0n) is 10.3. The van der Waals surface area contributed by atoms with Crippen molar-refractivity contribution < 1.29 is 8.95 Å². The van der Waals surface area contributed by atoms with E-state index >= 15 is 0 Å². The topological polar surface area (TPSA) is 38.3 Å². The van der Waals surface area contributed by atoms with Crippen LogP contribution in [0.4, 0.5) is 0 Å². The molecule has 1 heterocycles. The Morgan fingerprint density at radius 3 is 2.94 bits per heavy atom. The monoisotopic (exact) mass is 253 g/mol. The first-order valence-corrected chi connectivity index (χ1v) is 7.34. The minimum absolute atomic E-state index is 0.136. The molecule has 0 aromatic heterocycles. The van der Waals surface area contributed by atoms with E-state index in [2.05, 4.69) is 12.2 Å². The molecule has 3 unspecified atom stereocenters. The summed E-state index contributed by atoms with van der Waals surface area (Å²) in [6.07, 6.45) is 0.970. The van der Waals surface area contributed by atoms with Gasteiger partial charge in [-0.15, -0.1) is 0 Å². The van der Waals surface area contributed by atoms with E-state index in [1.165, 1.54) is 0 Å². The van der Waals surface area contributed by atoms with E-state index in [-0.39, 0.29) is 11.3 Å². The molecule has 1 fully saturated rings. The number of hydrogen-bond acceptors (Lipinski definition) is 3. The summed E-state index contributed by atoms with van der Waals surface area (Å²) in [4.78, 5) is 0. The van der Waals surface area contributed by atoms with E-state index in [9.17, 15) is 4.21 Å². The first-order chi connectivity index (χ1) is 8.22. The summed E-state index contributed by atoms with van der Waals surface area (Å²) in [5.41, 5.74) is 1.11. The minimum atomic E-state index is -0.761. The Bertz CT molecular complexity index is 408. The molecule has 17 heavy (non-hydrogen) atoms. The summed E-state index contributed by atoms with van der Waals surface area (Å²) < 4.78 is 17.4. The quantitative estimate of drug-likeness (QED) is 0.874. The molecule has 0 aliphatic carbocycles. The van der Waals surface area contributed by atoms with Gasteiger partial charge in [-0.25, -0.2) is 0 Å². The molecule has 1 saturated heterocycles. The molecular formula is C13H19NO2S. The second kappa shape index (κ2) is 5.65. The van der Waals surface area contributed by atoms with E-state index in [1.807, 2.05) is 24.3 Å². The van der Waals surface area contributed by atoms with Crippen molar-refractivity contribution in [3.05, 3.63) is 29.8 Å². The number of benzene rings is 1. The number of nitrogens with one attached hydrogen (secondary N) is 1. The molecule has 0 amide bonds. The van der Waals surface area contributed by atoms with Crippen LogP contribution in [0.2, 0.25) is 0 Å². The minimum Gasteiger partial charge on any atom is -0.496 e. The van der Waals surface area contributed by atoms with Crippen molar-refractivity contribution in [1.29, 1.82) is 0 Å². The van der Waals surface area contributed by atoms with Gasteiger partial charge < -0.3 is 10.1 Å². The van der Waals surface area contributed by atoms with E-state index in [4.69, 9.17) is 4.74 Å². The van der Waals surface area contributed by atoms with Crippen LogP contribution in [-0.4, -0.2) is 28.9 Å². The molecular weight excluding hydrogens is 234 g/mol. The fourth-order valence-corrected chi connectivity index (χ4v) is 3.47. The molecule has 1 N–H and O–H groups in total. The second-order valence-corrected chi connectivity index (χ2v) is 6.29. The summed E-state index contributed by atoms with van der Waals surface area (Å²) >= 11 is 0. The number of methoxy groups -OCH3 is 1. The summed E-state index contributed by atoms with van der Waals surface area (Å²) in [5.74, 6) is 1.54. The lowest BCUT2D eigenvalue weighted by Crippen LogP contribution is -2.24. The number of hydrogen-bond donors (Lipinski definition) is 1. The SMILES string of the molecule is COc1ccccc1C1CS(=O)C(C)CCN1. The van der Waals surface area contributed by atoms with Crippen molar-refractivity contribution in [2.75, 3.05) is 19.4 Å². The van der Waals surface area contributed by atoms with Crippen molar-refractivity contribution in [3.8, 4) is 5.75 Å². The lowest BCUT2D eigenvalue weighted by molar-refractivity contribution is 0.402. The number of para-hydroxylation sites is 1. The molecule has 3 nitrogen and oxygen atoms in total. The first kappa shape index (κ1) is 12.6. The Kier molecular flexibility index (Phi) is 4.18. The maximum absolute atomic E-state index is 12.0. The molecule has 0 radical (unpaired) electrons. The van der Waals surface area contributed by atoms with Crippen molar-refractivity contribution in [2.24, 2.45) is 0 Å². The average molecular weight is 253 g/mol. The molecule has 0 saturated carbocycles. The van der Waals surface area contributed by atoms with Gasteiger partial charge in [-0.05, 0) is 19.0 Å². The number of ether oxygens (including phenoxy) is 1. The third kappa shape index (κ3) is 2.87. The zero-order chi connectivity index (χ0) is 12.3. The van der Waals surface area contributed by atoms with Crippen LogP contribution >= 0.6 is 0 Å². The highest BCUT2D eigenvalue weighted by Gasteiger charge is 2.24. The van der Waals surface area contributed by atoms with Crippen LogP contribution in [0.15, 0.2) is 24.3 Å². The Morgan fingerprint density at radius 2 is 2.18 bits per heavy atom. The van der Waals surface area contributed by atoms with Crippen molar-refractivity contribution in [3.63, 3.8) is 0 Å². The molecule has 1 aromatic carbocycles. The van der Waals surface area contributed by atoms with Gasteiger partial charge in [0.2, 0.25) is 0 Å². The van der Waals surface area contributed by atoms with E-state index in [0.29, 0.717) is 5.75 Å². The van der Waals surface area contributed by atoms with Crippen LogP contribution in [0.3, 0.4) is 0 Å². The maximum atomic E-state index is 12.0. The summed E-state index contributed by atoms with van der Waals surface area (Å²) in [7, 11) is 0.915. The van der Waals surface area contributed by atoms with Crippen LogP contribution in [-0.2, 0) is 10.8 Å². The second-order valence-electron chi connectivity index (χ2n) is 4.40. The molecule has 0 bridgehead atoms. The van der Waals surface area contributed by atoms with E-state index in [1.54, 1.807) is 7.11 Å². The highest BCUT2D eigenvalue weighted by molar-refractivity contribution is 7.85. The van der Waals surface area contributed by atoms with Crippen molar-refractivity contribution in [2.45, 2.75) is 24.6 Å². The Balaban J connectivity index is 2.23. The highest BCUT2D eigenvalue weighted by Crippen LogP contribution is 2.27. The smallest absolute Gasteiger partial charge is 0.123 e. The molecule has 1 aliphatic heterocycles. The highest BCUT2D eigenvalue weighted by atomic mass is 32.2. The first-order valence-electron chi connectivity index (χ1n) is 5.96. The Hall–Kier alpha value is -0.870. The molecule has 0 spiro atoms. The summed E-state index contributed by atoms with van der Waals surface area (Å²) in [5, 5.41) is 3.74. The summed E-state index contributed by atoms with van der Waals surface area (Å²) in [6, 6.07) is 8.09. The summed E-state index contributed by atoms with van der Waals surface area (Å²) in [6.45, 7) is 2.97. The third-order valence-electron chi connectivity index (χ3n) is 3.24. The maximum Gasteiger partial charge on any atom is 0.123 e. The number of rotatable bonds is 2. The standard InChI is InChI=1S/C13H19NO2S/c1-10-7-8-14-12(9-17(10)15)11-5-3-4-6-13(11)16-2/h3-6,10,12,14H,7-9H2,1-2H3. The normalized spacial score (nSPS) is 29.6. The van der Waals surface area contributed by atoms with Gasteiger partial charge in [0.05, 0.1) is 7.11 Å². The van der Waals surface area contributed by atoms with Crippen molar-refractivity contribution in [1.82, 2.24) is 5.32 Å². The van der Waals surface area contributed by atoms with Gasteiger partial charge in [-0.1, -0.05) is 25.1 Å². The van der Waals surface area contributed by atoms with Crippen LogP contribution in [0, 0.1) is 0 Å². The van der Waals surface area contributed by atoms with Crippen LogP contribution in [0.1, 0.15) is 24.9 Å².